The van der Waals surface area contributed by atoms with Gasteiger partial charge in [0.25, 0.3) is 0 Å². The zero-order valence-electron chi connectivity index (χ0n) is 10.3. The van der Waals surface area contributed by atoms with Crippen molar-refractivity contribution in [1.29, 1.82) is 0 Å². The highest BCUT2D eigenvalue weighted by Crippen LogP contribution is 1.99. The molecule has 0 saturated carbocycles. The summed E-state index contributed by atoms with van der Waals surface area (Å²) in [5, 5.41) is 2.55. The van der Waals surface area contributed by atoms with Crippen LogP contribution in [0.15, 0.2) is 22.8 Å². The van der Waals surface area contributed by atoms with Crippen molar-refractivity contribution in [2.45, 2.75) is 26.3 Å². The Morgan fingerprint density at radius 2 is 2.22 bits per heavy atom. The third-order valence-electron chi connectivity index (χ3n) is 2.22. The van der Waals surface area contributed by atoms with Crippen molar-refractivity contribution in [2.24, 2.45) is 0 Å². The third kappa shape index (κ3) is 5.83. The van der Waals surface area contributed by atoms with Gasteiger partial charge in [-0.15, -0.1) is 0 Å². The first-order chi connectivity index (χ1) is 8.53. The van der Waals surface area contributed by atoms with Gasteiger partial charge in [0, 0.05) is 13.0 Å². The van der Waals surface area contributed by atoms with Gasteiger partial charge >= 0.3 is 0 Å². The lowest BCUT2D eigenvalue weighted by molar-refractivity contribution is -0.120. The minimum absolute atomic E-state index is 0.117. The van der Waals surface area contributed by atoms with Crippen molar-refractivity contribution >= 4 is 15.9 Å². The maximum Gasteiger partial charge on any atom is 0.220 e. The number of carbonyl (C=O) groups excluding carboxylic acids is 1. The summed E-state index contributed by atoms with van der Waals surface area (Å²) in [4.78, 5) is 11.1. The number of sulfonamides is 1. The fourth-order valence-electron chi connectivity index (χ4n) is 1.31. The van der Waals surface area contributed by atoms with Gasteiger partial charge in [0.2, 0.25) is 15.9 Å². The van der Waals surface area contributed by atoms with E-state index in [1.807, 2.05) is 6.92 Å². The van der Waals surface area contributed by atoms with Crippen molar-refractivity contribution in [3.8, 4) is 0 Å². The smallest absolute Gasteiger partial charge is 0.220 e. The molecule has 1 amide bonds. The van der Waals surface area contributed by atoms with Crippen LogP contribution in [0.1, 0.15) is 25.5 Å². The number of furan rings is 1. The van der Waals surface area contributed by atoms with Crippen LogP contribution < -0.4 is 10.0 Å². The zero-order chi connectivity index (χ0) is 13.4. The van der Waals surface area contributed by atoms with Gasteiger partial charge in [0.05, 0.1) is 18.6 Å². The van der Waals surface area contributed by atoms with Crippen LogP contribution in [0, 0.1) is 0 Å². The topological polar surface area (TPSA) is 88.4 Å². The number of hydrogen-bond donors (Lipinski definition) is 2. The van der Waals surface area contributed by atoms with E-state index >= 15 is 0 Å². The molecule has 0 bridgehead atoms. The minimum atomic E-state index is -3.39. The summed E-state index contributed by atoms with van der Waals surface area (Å²) in [6, 6.07) is 3.38. The molecule has 1 aromatic rings. The minimum Gasteiger partial charge on any atom is -0.468 e. The standard InChI is InChI=1S/C11H18N2O4S/c1-2-4-11(14)12-6-8-18(15,16)13-9-10-5-3-7-17-10/h3,5,7,13H,2,4,6,8-9H2,1H3,(H,12,14). The fraction of sp³-hybridized carbons (Fsp3) is 0.545. The van der Waals surface area contributed by atoms with Crippen molar-refractivity contribution < 1.29 is 17.6 Å². The first kappa shape index (κ1) is 14.7. The lowest BCUT2D eigenvalue weighted by atomic mass is 10.3. The lowest BCUT2D eigenvalue weighted by Gasteiger charge is -2.06. The SMILES string of the molecule is CCCC(=O)NCCS(=O)(=O)NCc1ccco1. The number of carbonyl (C=O) groups is 1. The van der Waals surface area contributed by atoms with Crippen LogP contribution in [0.25, 0.3) is 0 Å². The Bertz CT molecular complexity index is 453. The van der Waals surface area contributed by atoms with E-state index in [2.05, 4.69) is 10.0 Å². The summed E-state index contributed by atoms with van der Waals surface area (Å²) in [6.45, 7) is 2.13. The maximum atomic E-state index is 11.6. The molecule has 1 aromatic heterocycles. The van der Waals surface area contributed by atoms with Gasteiger partial charge in [-0.2, -0.15) is 0 Å². The van der Waals surface area contributed by atoms with E-state index in [0.29, 0.717) is 12.2 Å². The number of nitrogens with one attached hydrogen (secondary N) is 2. The molecule has 102 valence electrons. The van der Waals surface area contributed by atoms with E-state index < -0.39 is 10.0 Å². The van der Waals surface area contributed by atoms with Crippen molar-refractivity contribution in [3.05, 3.63) is 24.2 Å². The molecule has 0 spiro atoms. The Hall–Kier alpha value is -1.34. The van der Waals surface area contributed by atoms with Gasteiger partial charge in [-0.05, 0) is 18.6 Å². The summed E-state index contributed by atoms with van der Waals surface area (Å²) in [7, 11) is -3.39. The van der Waals surface area contributed by atoms with Gasteiger partial charge < -0.3 is 9.73 Å². The highest BCUT2D eigenvalue weighted by atomic mass is 32.2. The van der Waals surface area contributed by atoms with Gasteiger partial charge in [0.1, 0.15) is 5.76 Å². The molecule has 0 aromatic carbocycles. The molecular formula is C11H18N2O4S. The predicted octanol–water partition coefficient (Wildman–Crippen LogP) is 0.615. The Kier molecular flexibility index (Phi) is 5.87. The number of hydrogen-bond acceptors (Lipinski definition) is 4. The molecular weight excluding hydrogens is 256 g/mol. The summed E-state index contributed by atoms with van der Waals surface area (Å²) < 4.78 is 30.5. The molecule has 18 heavy (non-hydrogen) atoms. The maximum absolute atomic E-state index is 11.6. The van der Waals surface area contributed by atoms with Gasteiger partial charge in [0.15, 0.2) is 0 Å². The van der Waals surface area contributed by atoms with Crippen LogP contribution in [-0.4, -0.2) is 26.6 Å². The van der Waals surface area contributed by atoms with Crippen molar-refractivity contribution in [3.63, 3.8) is 0 Å². The van der Waals surface area contributed by atoms with E-state index in [9.17, 15) is 13.2 Å². The summed E-state index contributed by atoms with van der Waals surface area (Å²) in [6.07, 6.45) is 2.64. The van der Waals surface area contributed by atoms with Crippen LogP contribution in [0.4, 0.5) is 0 Å². The molecule has 2 N–H and O–H groups in total. The van der Waals surface area contributed by atoms with Gasteiger partial charge in [-0.25, -0.2) is 13.1 Å². The van der Waals surface area contributed by atoms with E-state index in [-0.39, 0.29) is 24.7 Å². The number of rotatable bonds is 8. The molecule has 0 atom stereocenters. The first-order valence-corrected chi connectivity index (χ1v) is 7.45. The van der Waals surface area contributed by atoms with Crippen LogP contribution in [-0.2, 0) is 21.4 Å². The van der Waals surface area contributed by atoms with E-state index in [4.69, 9.17) is 4.42 Å². The molecule has 0 fully saturated rings. The predicted molar refractivity (Wildman–Crippen MR) is 67.3 cm³/mol. The Morgan fingerprint density at radius 1 is 1.44 bits per heavy atom. The summed E-state index contributed by atoms with van der Waals surface area (Å²) in [5.41, 5.74) is 0. The Balaban J connectivity index is 2.25. The second-order valence-electron chi connectivity index (χ2n) is 3.82. The monoisotopic (exact) mass is 274 g/mol. The second-order valence-corrected chi connectivity index (χ2v) is 5.75. The highest BCUT2D eigenvalue weighted by molar-refractivity contribution is 7.89. The van der Waals surface area contributed by atoms with Crippen molar-refractivity contribution in [2.75, 3.05) is 12.3 Å². The zero-order valence-corrected chi connectivity index (χ0v) is 11.1. The summed E-state index contributed by atoms with van der Waals surface area (Å²) >= 11 is 0. The Morgan fingerprint density at radius 3 is 2.83 bits per heavy atom. The molecule has 0 radical (unpaired) electrons. The normalized spacial score (nSPS) is 11.4. The first-order valence-electron chi connectivity index (χ1n) is 5.80. The van der Waals surface area contributed by atoms with Crippen LogP contribution in [0.5, 0.6) is 0 Å². The third-order valence-corrected chi connectivity index (χ3v) is 3.54. The number of amides is 1. The van der Waals surface area contributed by atoms with Gasteiger partial charge in [-0.1, -0.05) is 6.92 Å². The quantitative estimate of drug-likeness (QED) is 0.727. The molecule has 0 unspecified atom stereocenters. The van der Waals surface area contributed by atoms with Crippen LogP contribution >= 0.6 is 0 Å². The van der Waals surface area contributed by atoms with E-state index in [0.717, 1.165) is 6.42 Å². The van der Waals surface area contributed by atoms with Crippen LogP contribution in [0.2, 0.25) is 0 Å². The van der Waals surface area contributed by atoms with Crippen molar-refractivity contribution in [1.82, 2.24) is 10.0 Å². The summed E-state index contributed by atoms with van der Waals surface area (Å²) in [5.74, 6) is 0.288. The average Bonchev–Trinajstić information content (AvgIpc) is 2.79. The lowest BCUT2D eigenvalue weighted by Crippen LogP contribution is -2.34. The highest BCUT2D eigenvalue weighted by Gasteiger charge is 2.11. The van der Waals surface area contributed by atoms with Crippen LogP contribution in [0.3, 0.4) is 0 Å². The van der Waals surface area contributed by atoms with E-state index in [1.165, 1.54) is 6.26 Å². The van der Waals surface area contributed by atoms with Gasteiger partial charge in [-0.3, -0.25) is 4.79 Å². The molecule has 0 aliphatic rings. The molecule has 0 saturated heterocycles. The molecule has 6 nitrogen and oxygen atoms in total. The Labute approximate surface area is 107 Å². The molecule has 0 aliphatic carbocycles. The molecule has 0 aliphatic heterocycles. The largest absolute Gasteiger partial charge is 0.468 e. The molecule has 1 heterocycles. The fourth-order valence-corrected chi connectivity index (χ4v) is 2.18. The average molecular weight is 274 g/mol. The molecule has 7 heteroatoms. The van der Waals surface area contributed by atoms with E-state index in [1.54, 1.807) is 12.1 Å². The second kappa shape index (κ2) is 7.17. The molecule has 1 rings (SSSR count).